The minimum atomic E-state index is 0.0258. The average molecular weight is 248 g/mol. The van der Waals surface area contributed by atoms with Crippen LogP contribution in [0, 0.1) is 6.92 Å². The lowest BCUT2D eigenvalue weighted by Crippen LogP contribution is -2.39. The molecule has 1 aromatic rings. The number of benzene rings is 1. The van der Waals surface area contributed by atoms with Crippen LogP contribution in [0.2, 0.25) is 0 Å². The molecule has 0 aromatic heterocycles. The number of fused-ring (bicyclic) bond motifs is 1. The van der Waals surface area contributed by atoms with E-state index in [0.29, 0.717) is 12.5 Å². The first-order valence-electron chi connectivity index (χ1n) is 6.34. The van der Waals surface area contributed by atoms with E-state index in [-0.39, 0.29) is 5.91 Å². The summed E-state index contributed by atoms with van der Waals surface area (Å²) in [5.74, 6) is 1.16. The Bertz CT molecular complexity index is 457. The molecule has 1 heterocycles. The molecule has 1 aliphatic heterocycles. The Labute approximate surface area is 108 Å². The first-order valence-corrected chi connectivity index (χ1v) is 6.34. The zero-order valence-electron chi connectivity index (χ0n) is 11.2. The molecule has 0 saturated carbocycles. The predicted octanol–water partition coefficient (Wildman–Crippen LogP) is 1.44. The quantitative estimate of drug-likeness (QED) is 0.847. The molecule has 1 aromatic carbocycles. The molecule has 1 unspecified atom stereocenters. The maximum atomic E-state index is 12.0. The zero-order chi connectivity index (χ0) is 13.1. The molecular weight excluding hydrogens is 228 g/mol. The summed E-state index contributed by atoms with van der Waals surface area (Å²) in [7, 11) is 1.66. The normalized spacial score (nSPS) is 18.2. The van der Waals surface area contributed by atoms with Gasteiger partial charge in [0, 0.05) is 24.6 Å². The number of likely N-dealkylation sites (N-methyl/N-ethyl adjacent to an activating group) is 1. The number of hydrogen-bond donors (Lipinski definition) is 2. The van der Waals surface area contributed by atoms with Crippen molar-refractivity contribution < 1.29 is 9.53 Å². The number of carbonyl (C=O) groups excluding carboxylic acids is 1. The fraction of sp³-hybridized carbons (Fsp3) is 0.500. The van der Waals surface area contributed by atoms with Gasteiger partial charge in [-0.15, -0.1) is 0 Å². The second kappa shape index (κ2) is 5.40. The Kier molecular flexibility index (Phi) is 3.87. The third-order valence-corrected chi connectivity index (χ3v) is 3.39. The highest BCUT2D eigenvalue weighted by molar-refractivity contribution is 5.98. The molecule has 1 atom stereocenters. The maximum absolute atomic E-state index is 12.0. The second-order valence-electron chi connectivity index (χ2n) is 4.62. The van der Waals surface area contributed by atoms with Crippen LogP contribution < -0.4 is 15.4 Å². The summed E-state index contributed by atoms with van der Waals surface area (Å²) in [5, 5.41) is 6.29. The van der Waals surface area contributed by atoms with Crippen LogP contribution in [-0.2, 0) is 0 Å². The molecule has 0 radical (unpaired) electrons. The van der Waals surface area contributed by atoms with Crippen molar-refractivity contribution in [3.63, 3.8) is 0 Å². The SMILES string of the molecule is CCNCC1CNC(=O)c2c(C)cc(OC)cc21. The van der Waals surface area contributed by atoms with E-state index in [4.69, 9.17) is 4.74 Å². The molecule has 98 valence electrons. The Morgan fingerprint density at radius 1 is 1.50 bits per heavy atom. The Balaban J connectivity index is 2.41. The third-order valence-electron chi connectivity index (χ3n) is 3.39. The molecule has 0 spiro atoms. The highest BCUT2D eigenvalue weighted by Gasteiger charge is 2.27. The minimum absolute atomic E-state index is 0.0258. The number of aryl methyl sites for hydroxylation is 1. The highest BCUT2D eigenvalue weighted by Crippen LogP contribution is 2.30. The van der Waals surface area contributed by atoms with E-state index in [1.54, 1.807) is 7.11 Å². The van der Waals surface area contributed by atoms with Crippen LogP contribution in [0.4, 0.5) is 0 Å². The van der Waals surface area contributed by atoms with Gasteiger partial charge in [0.15, 0.2) is 0 Å². The number of amides is 1. The van der Waals surface area contributed by atoms with E-state index in [1.165, 1.54) is 0 Å². The molecule has 18 heavy (non-hydrogen) atoms. The van der Waals surface area contributed by atoms with Crippen molar-refractivity contribution in [2.45, 2.75) is 19.8 Å². The lowest BCUT2D eigenvalue weighted by Gasteiger charge is -2.27. The van der Waals surface area contributed by atoms with Crippen LogP contribution >= 0.6 is 0 Å². The highest BCUT2D eigenvalue weighted by atomic mass is 16.5. The van der Waals surface area contributed by atoms with Gasteiger partial charge in [-0.05, 0) is 36.7 Å². The first kappa shape index (κ1) is 12.9. The molecule has 2 rings (SSSR count). The van der Waals surface area contributed by atoms with E-state index in [0.717, 1.165) is 35.5 Å². The van der Waals surface area contributed by atoms with Crippen molar-refractivity contribution in [3.05, 3.63) is 28.8 Å². The van der Waals surface area contributed by atoms with Gasteiger partial charge >= 0.3 is 0 Å². The van der Waals surface area contributed by atoms with Crippen molar-refractivity contribution in [2.75, 3.05) is 26.7 Å². The van der Waals surface area contributed by atoms with Gasteiger partial charge < -0.3 is 15.4 Å². The van der Waals surface area contributed by atoms with Crippen LogP contribution in [-0.4, -0.2) is 32.7 Å². The number of methoxy groups -OCH3 is 1. The number of hydrogen-bond acceptors (Lipinski definition) is 3. The summed E-state index contributed by atoms with van der Waals surface area (Å²) in [6.07, 6.45) is 0. The predicted molar refractivity (Wildman–Crippen MR) is 71.3 cm³/mol. The summed E-state index contributed by atoms with van der Waals surface area (Å²) >= 11 is 0. The molecule has 1 amide bonds. The second-order valence-corrected chi connectivity index (χ2v) is 4.62. The molecule has 2 N–H and O–H groups in total. The standard InChI is InChI=1S/C14H20N2O2/c1-4-15-7-10-8-16-14(17)13-9(2)5-11(18-3)6-12(10)13/h5-6,10,15H,4,7-8H2,1-3H3,(H,16,17). The summed E-state index contributed by atoms with van der Waals surface area (Å²) < 4.78 is 5.30. The average Bonchev–Trinajstić information content (AvgIpc) is 2.37. The van der Waals surface area contributed by atoms with Gasteiger partial charge in [-0.2, -0.15) is 0 Å². The van der Waals surface area contributed by atoms with Gasteiger partial charge in [0.25, 0.3) is 5.91 Å². The zero-order valence-corrected chi connectivity index (χ0v) is 11.2. The molecule has 0 fully saturated rings. The van der Waals surface area contributed by atoms with Gasteiger partial charge in [0.05, 0.1) is 7.11 Å². The fourth-order valence-corrected chi connectivity index (χ4v) is 2.45. The summed E-state index contributed by atoms with van der Waals surface area (Å²) in [6, 6.07) is 3.90. The third kappa shape index (κ3) is 2.34. The Hall–Kier alpha value is -1.55. The van der Waals surface area contributed by atoms with Crippen LogP contribution in [0.1, 0.15) is 34.3 Å². The van der Waals surface area contributed by atoms with E-state index < -0.39 is 0 Å². The molecule has 0 bridgehead atoms. The molecular formula is C14H20N2O2. The van der Waals surface area contributed by atoms with Crippen LogP contribution in [0.15, 0.2) is 12.1 Å². The van der Waals surface area contributed by atoms with Crippen LogP contribution in [0.5, 0.6) is 5.75 Å². The van der Waals surface area contributed by atoms with Gasteiger partial charge in [0.2, 0.25) is 0 Å². The van der Waals surface area contributed by atoms with Gasteiger partial charge in [-0.25, -0.2) is 0 Å². The number of carbonyl (C=O) groups is 1. The lowest BCUT2D eigenvalue weighted by atomic mass is 9.87. The Morgan fingerprint density at radius 2 is 2.28 bits per heavy atom. The molecule has 0 saturated heterocycles. The summed E-state index contributed by atoms with van der Waals surface area (Å²) in [6.45, 7) is 6.53. The summed E-state index contributed by atoms with van der Waals surface area (Å²) in [4.78, 5) is 12.0. The fourth-order valence-electron chi connectivity index (χ4n) is 2.45. The number of nitrogens with one attached hydrogen (secondary N) is 2. The molecule has 1 aliphatic rings. The van der Waals surface area contributed by atoms with Crippen molar-refractivity contribution in [1.82, 2.24) is 10.6 Å². The van der Waals surface area contributed by atoms with Crippen LogP contribution in [0.25, 0.3) is 0 Å². The van der Waals surface area contributed by atoms with Gasteiger partial charge in [-0.1, -0.05) is 6.92 Å². The van der Waals surface area contributed by atoms with Gasteiger partial charge in [-0.3, -0.25) is 4.79 Å². The molecule has 0 aliphatic carbocycles. The van der Waals surface area contributed by atoms with E-state index in [9.17, 15) is 4.79 Å². The monoisotopic (exact) mass is 248 g/mol. The maximum Gasteiger partial charge on any atom is 0.251 e. The van der Waals surface area contributed by atoms with E-state index in [1.807, 2.05) is 19.1 Å². The van der Waals surface area contributed by atoms with E-state index >= 15 is 0 Å². The van der Waals surface area contributed by atoms with Crippen molar-refractivity contribution in [1.29, 1.82) is 0 Å². The Morgan fingerprint density at radius 3 is 2.94 bits per heavy atom. The number of ether oxygens (including phenoxy) is 1. The lowest BCUT2D eigenvalue weighted by molar-refractivity contribution is 0.0939. The molecule has 4 nitrogen and oxygen atoms in total. The van der Waals surface area contributed by atoms with Gasteiger partial charge in [0.1, 0.15) is 5.75 Å². The number of rotatable bonds is 4. The topological polar surface area (TPSA) is 50.4 Å². The molecule has 4 heteroatoms. The summed E-state index contributed by atoms with van der Waals surface area (Å²) in [5.41, 5.74) is 2.88. The van der Waals surface area contributed by atoms with Crippen molar-refractivity contribution in [3.8, 4) is 5.75 Å². The van der Waals surface area contributed by atoms with Crippen molar-refractivity contribution >= 4 is 5.91 Å². The van der Waals surface area contributed by atoms with E-state index in [2.05, 4.69) is 17.6 Å². The minimum Gasteiger partial charge on any atom is -0.497 e. The smallest absolute Gasteiger partial charge is 0.251 e. The first-order chi connectivity index (χ1) is 8.67. The largest absolute Gasteiger partial charge is 0.497 e. The van der Waals surface area contributed by atoms with Crippen LogP contribution in [0.3, 0.4) is 0 Å². The van der Waals surface area contributed by atoms with Crippen molar-refractivity contribution in [2.24, 2.45) is 0 Å².